The lowest BCUT2D eigenvalue weighted by Gasteiger charge is -2.14. The molecule has 0 bridgehead atoms. The molecule has 3 heteroatoms. The van der Waals surface area contributed by atoms with E-state index in [1.807, 2.05) is 0 Å². The predicted octanol–water partition coefficient (Wildman–Crippen LogP) is 4.00. The van der Waals surface area contributed by atoms with Crippen LogP contribution in [0.25, 0.3) is 0 Å². The predicted molar refractivity (Wildman–Crippen MR) is 85.9 cm³/mol. The number of hydrogen-bond acceptors (Lipinski definition) is 2. The van der Waals surface area contributed by atoms with Crippen molar-refractivity contribution >= 4 is 22.6 Å². The quantitative estimate of drug-likeness (QED) is 0.558. The molecule has 2 nitrogen and oxygen atoms in total. The Labute approximate surface area is 125 Å². The molecule has 0 fully saturated rings. The van der Waals surface area contributed by atoms with Crippen molar-refractivity contribution in [2.75, 3.05) is 19.8 Å². The van der Waals surface area contributed by atoms with Crippen molar-refractivity contribution in [2.45, 2.75) is 33.2 Å². The van der Waals surface area contributed by atoms with Gasteiger partial charge >= 0.3 is 0 Å². The summed E-state index contributed by atoms with van der Waals surface area (Å²) < 4.78 is 6.84. The van der Waals surface area contributed by atoms with Gasteiger partial charge in [-0.2, -0.15) is 0 Å². The molecule has 1 rings (SSSR count). The van der Waals surface area contributed by atoms with Gasteiger partial charge in [-0.05, 0) is 66.1 Å². The van der Waals surface area contributed by atoms with Crippen LogP contribution in [0.2, 0.25) is 0 Å². The molecule has 0 saturated carbocycles. The van der Waals surface area contributed by atoms with E-state index in [-0.39, 0.29) is 0 Å². The van der Waals surface area contributed by atoms with Crippen LogP contribution in [0.5, 0.6) is 0 Å². The Morgan fingerprint density at radius 2 is 1.83 bits per heavy atom. The summed E-state index contributed by atoms with van der Waals surface area (Å²) in [5.41, 5.74) is 1.35. The second-order valence-corrected chi connectivity index (χ2v) is 6.30. The lowest BCUT2D eigenvalue weighted by atomic mass is 10.1. The third-order valence-electron chi connectivity index (χ3n) is 2.74. The van der Waals surface area contributed by atoms with Crippen LogP contribution in [-0.2, 0) is 4.74 Å². The van der Waals surface area contributed by atoms with E-state index in [1.54, 1.807) is 0 Å². The highest BCUT2D eigenvalue weighted by Gasteiger charge is 2.03. The molecule has 0 radical (unpaired) electrons. The zero-order valence-corrected chi connectivity index (χ0v) is 13.7. The minimum atomic E-state index is 0.409. The van der Waals surface area contributed by atoms with Gasteiger partial charge < -0.3 is 10.1 Å². The molecule has 1 aromatic rings. The average Bonchev–Trinajstić information content (AvgIpc) is 2.34. The van der Waals surface area contributed by atoms with Crippen molar-refractivity contribution in [3.8, 4) is 0 Å². The maximum absolute atomic E-state index is 5.56. The first-order chi connectivity index (χ1) is 8.59. The first kappa shape index (κ1) is 15.9. The monoisotopic (exact) mass is 361 g/mol. The van der Waals surface area contributed by atoms with Gasteiger partial charge in [0.1, 0.15) is 0 Å². The number of benzene rings is 1. The van der Waals surface area contributed by atoms with Crippen LogP contribution in [0.3, 0.4) is 0 Å². The smallest absolute Gasteiger partial charge is 0.0489 e. The topological polar surface area (TPSA) is 21.3 Å². The van der Waals surface area contributed by atoms with Crippen molar-refractivity contribution in [3.63, 3.8) is 0 Å². The van der Waals surface area contributed by atoms with Crippen molar-refractivity contribution in [3.05, 3.63) is 33.4 Å². The van der Waals surface area contributed by atoms with E-state index < -0.39 is 0 Å². The molecule has 0 amide bonds. The Hall–Kier alpha value is -0.130. The van der Waals surface area contributed by atoms with Crippen molar-refractivity contribution in [1.29, 1.82) is 0 Å². The highest BCUT2D eigenvalue weighted by atomic mass is 127. The fourth-order valence-electron chi connectivity index (χ4n) is 1.68. The molecule has 1 aromatic carbocycles. The van der Waals surface area contributed by atoms with Gasteiger partial charge in [0.2, 0.25) is 0 Å². The molecule has 1 atom stereocenters. The van der Waals surface area contributed by atoms with Crippen LogP contribution in [0, 0.1) is 9.49 Å². The Morgan fingerprint density at radius 3 is 2.44 bits per heavy atom. The van der Waals surface area contributed by atoms with Gasteiger partial charge in [-0.15, -0.1) is 0 Å². The third kappa shape index (κ3) is 6.71. The highest BCUT2D eigenvalue weighted by Crippen LogP contribution is 2.14. The molecule has 18 heavy (non-hydrogen) atoms. The van der Waals surface area contributed by atoms with E-state index >= 15 is 0 Å². The summed E-state index contributed by atoms with van der Waals surface area (Å²) in [4.78, 5) is 0. The van der Waals surface area contributed by atoms with Crippen LogP contribution in [0.1, 0.15) is 38.8 Å². The molecule has 0 aliphatic rings. The third-order valence-corrected chi connectivity index (χ3v) is 3.46. The normalized spacial score (nSPS) is 12.9. The molecule has 0 heterocycles. The Balaban J connectivity index is 2.13. The van der Waals surface area contributed by atoms with Gasteiger partial charge in [-0.3, -0.25) is 0 Å². The van der Waals surface area contributed by atoms with Gasteiger partial charge in [0.25, 0.3) is 0 Å². The molecule has 1 N–H and O–H groups in total. The fraction of sp³-hybridized carbons (Fsp3) is 0.600. The highest BCUT2D eigenvalue weighted by molar-refractivity contribution is 14.1. The summed E-state index contributed by atoms with van der Waals surface area (Å²) in [5, 5.41) is 3.52. The van der Waals surface area contributed by atoms with Crippen LogP contribution in [0.15, 0.2) is 24.3 Å². The lowest BCUT2D eigenvalue weighted by molar-refractivity contribution is 0.107. The molecular formula is C15H24INO. The summed E-state index contributed by atoms with van der Waals surface area (Å²) in [7, 11) is 0. The number of halogens is 1. The molecular weight excluding hydrogens is 337 g/mol. The molecule has 102 valence electrons. The van der Waals surface area contributed by atoms with Crippen LogP contribution < -0.4 is 5.32 Å². The zero-order valence-electron chi connectivity index (χ0n) is 11.6. The SMILES string of the molecule is CC(C)COCCCNC(C)c1ccc(I)cc1. The van der Waals surface area contributed by atoms with Crippen LogP contribution in [0.4, 0.5) is 0 Å². The number of nitrogens with one attached hydrogen (secondary N) is 1. The molecule has 0 saturated heterocycles. The number of rotatable bonds is 8. The summed E-state index contributed by atoms with van der Waals surface area (Å²) in [6.45, 7) is 9.29. The van der Waals surface area contributed by atoms with E-state index in [2.05, 4.69) is 72.9 Å². The van der Waals surface area contributed by atoms with Gasteiger partial charge in [0.15, 0.2) is 0 Å². The standard InChI is InChI=1S/C15H24INO/c1-12(2)11-18-10-4-9-17-13(3)14-5-7-15(16)8-6-14/h5-8,12-13,17H,4,9-11H2,1-3H3. The van der Waals surface area contributed by atoms with Gasteiger partial charge in [0, 0.05) is 22.8 Å². The van der Waals surface area contributed by atoms with Crippen molar-refractivity contribution in [2.24, 2.45) is 5.92 Å². The lowest BCUT2D eigenvalue weighted by Crippen LogP contribution is -2.21. The summed E-state index contributed by atoms with van der Waals surface area (Å²) in [6.07, 6.45) is 1.07. The fourth-order valence-corrected chi connectivity index (χ4v) is 2.04. The average molecular weight is 361 g/mol. The van der Waals surface area contributed by atoms with Crippen LogP contribution >= 0.6 is 22.6 Å². The Morgan fingerprint density at radius 1 is 1.17 bits per heavy atom. The van der Waals surface area contributed by atoms with Crippen LogP contribution in [-0.4, -0.2) is 19.8 Å². The van der Waals surface area contributed by atoms with Crippen molar-refractivity contribution < 1.29 is 4.74 Å². The van der Waals surface area contributed by atoms with E-state index in [9.17, 15) is 0 Å². The molecule has 1 unspecified atom stereocenters. The zero-order chi connectivity index (χ0) is 13.4. The van der Waals surface area contributed by atoms with Gasteiger partial charge in [-0.1, -0.05) is 26.0 Å². The molecule has 0 spiro atoms. The first-order valence-corrected chi connectivity index (χ1v) is 7.74. The van der Waals surface area contributed by atoms with E-state index in [0.29, 0.717) is 12.0 Å². The largest absolute Gasteiger partial charge is 0.381 e. The second kappa shape index (κ2) is 8.88. The van der Waals surface area contributed by atoms with Crippen molar-refractivity contribution in [1.82, 2.24) is 5.32 Å². The van der Waals surface area contributed by atoms with E-state index in [0.717, 1.165) is 26.2 Å². The minimum Gasteiger partial charge on any atom is -0.381 e. The number of hydrogen-bond donors (Lipinski definition) is 1. The maximum atomic E-state index is 5.56. The Kier molecular flexibility index (Phi) is 7.86. The number of ether oxygens (including phenoxy) is 1. The molecule has 0 aromatic heterocycles. The molecule has 0 aliphatic heterocycles. The summed E-state index contributed by atoms with van der Waals surface area (Å²) in [6, 6.07) is 9.09. The molecule has 0 aliphatic carbocycles. The second-order valence-electron chi connectivity index (χ2n) is 5.05. The summed E-state index contributed by atoms with van der Waals surface area (Å²) in [5.74, 6) is 0.628. The van der Waals surface area contributed by atoms with E-state index in [1.165, 1.54) is 9.13 Å². The van der Waals surface area contributed by atoms with Gasteiger partial charge in [-0.25, -0.2) is 0 Å². The van der Waals surface area contributed by atoms with E-state index in [4.69, 9.17) is 4.74 Å². The Bertz CT molecular complexity index is 324. The maximum Gasteiger partial charge on any atom is 0.0489 e. The summed E-state index contributed by atoms with van der Waals surface area (Å²) >= 11 is 2.33. The van der Waals surface area contributed by atoms with Gasteiger partial charge in [0.05, 0.1) is 0 Å². The first-order valence-electron chi connectivity index (χ1n) is 6.66. The minimum absolute atomic E-state index is 0.409.